The monoisotopic (exact) mass is 313 g/mol. The molecule has 1 N–H and O–H groups in total. The topological polar surface area (TPSA) is 46.4 Å². The number of rotatable bonds is 3. The summed E-state index contributed by atoms with van der Waals surface area (Å²) in [5, 5.41) is 3.59. The fourth-order valence-electron chi connectivity index (χ4n) is 2.11. The number of nitrogens with zero attached hydrogens (tertiary/aromatic N) is 2. The molecular formula is C17H16ClN3O. The van der Waals surface area contributed by atoms with Gasteiger partial charge in [-0.1, -0.05) is 37.6 Å². The maximum atomic E-state index is 11.8. The molecule has 2 heterocycles. The number of anilines is 1. The molecule has 0 aliphatic rings. The molecule has 22 heavy (non-hydrogen) atoms. The second kappa shape index (κ2) is 5.81. The summed E-state index contributed by atoms with van der Waals surface area (Å²) >= 11 is 5.91. The van der Waals surface area contributed by atoms with E-state index in [0.29, 0.717) is 5.02 Å². The molecule has 3 rings (SSSR count). The van der Waals surface area contributed by atoms with Gasteiger partial charge in [0.1, 0.15) is 5.65 Å². The Labute approximate surface area is 133 Å². The molecule has 4 nitrogen and oxygen atoms in total. The Bertz CT molecular complexity index is 822. The normalized spacial score (nSPS) is 11.1. The van der Waals surface area contributed by atoms with Crippen LogP contribution in [0.2, 0.25) is 5.02 Å². The molecule has 0 aliphatic carbocycles. The number of fused-ring (bicyclic) bond motifs is 1. The number of imidazole rings is 1. The van der Waals surface area contributed by atoms with Gasteiger partial charge in [0.25, 0.3) is 0 Å². The van der Waals surface area contributed by atoms with Gasteiger partial charge in [-0.05, 0) is 24.3 Å². The summed E-state index contributed by atoms with van der Waals surface area (Å²) in [4.78, 5) is 16.3. The Hall–Kier alpha value is -2.33. The number of benzene rings is 1. The van der Waals surface area contributed by atoms with Gasteiger partial charge in [-0.2, -0.15) is 0 Å². The molecule has 0 unspecified atom stereocenters. The number of aromatic nitrogens is 2. The number of nitrogens with one attached hydrogen (secondary N) is 1. The van der Waals surface area contributed by atoms with Gasteiger partial charge in [-0.25, -0.2) is 4.98 Å². The molecule has 0 radical (unpaired) electrons. The highest BCUT2D eigenvalue weighted by Gasteiger charge is 2.09. The Morgan fingerprint density at radius 1 is 1.14 bits per heavy atom. The van der Waals surface area contributed by atoms with Crippen LogP contribution in [0.15, 0.2) is 48.8 Å². The maximum absolute atomic E-state index is 11.8. The van der Waals surface area contributed by atoms with Crippen molar-refractivity contribution in [2.45, 2.75) is 13.8 Å². The lowest BCUT2D eigenvalue weighted by Gasteiger charge is -2.07. The van der Waals surface area contributed by atoms with Gasteiger partial charge in [0, 0.05) is 28.9 Å². The van der Waals surface area contributed by atoms with E-state index in [1.54, 1.807) is 0 Å². The summed E-state index contributed by atoms with van der Waals surface area (Å²) in [6.45, 7) is 3.73. The van der Waals surface area contributed by atoms with Crippen LogP contribution in [0.1, 0.15) is 13.8 Å². The van der Waals surface area contributed by atoms with Crippen molar-refractivity contribution in [3.05, 3.63) is 53.8 Å². The van der Waals surface area contributed by atoms with Gasteiger partial charge >= 0.3 is 0 Å². The van der Waals surface area contributed by atoms with E-state index in [0.717, 1.165) is 22.6 Å². The summed E-state index contributed by atoms with van der Waals surface area (Å²) in [7, 11) is 0. The third-order valence-corrected chi connectivity index (χ3v) is 3.63. The first kappa shape index (κ1) is 14.6. The molecule has 0 spiro atoms. The highest BCUT2D eigenvalue weighted by molar-refractivity contribution is 6.30. The molecule has 2 aromatic heterocycles. The highest BCUT2D eigenvalue weighted by Crippen LogP contribution is 2.22. The number of halogens is 1. The number of pyridine rings is 1. The molecule has 0 aliphatic heterocycles. The van der Waals surface area contributed by atoms with Crippen LogP contribution < -0.4 is 5.32 Å². The minimum Gasteiger partial charge on any atom is -0.325 e. The van der Waals surface area contributed by atoms with Gasteiger partial charge in [0.15, 0.2) is 0 Å². The van der Waals surface area contributed by atoms with Gasteiger partial charge in [0.05, 0.1) is 11.4 Å². The molecule has 112 valence electrons. The van der Waals surface area contributed by atoms with Gasteiger partial charge in [-0.15, -0.1) is 0 Å². The zero-order chi connectivity index (χ0) is 15.7. The lowest BCUT2D eigenvalue weighted by atomic mass is 10.2. The highest BCUT2D eigenvalue weighted by atomic mass is 35.5. The zero-order valence-corrected chi connectivity index (χ0v) is 13.1. The van der Waals surface area contributed by atoms with Crippen LogP contribution in [-0.4, -0.2) is 15.3 Å². The first-order valence-electron chi connectivity index (χ1n) is 7.08. The molecule has 0 saturated heterocycles. The van der Waals surface area contributed by atoms with Crippen molar-refractivity contribution >= 4 is 28.8 Å². The van der Waals surface area contributed by atoms with Crippen LogP contribution in [0.5, 0.6) is 0 Å². The largest absolute Gasteiger partial charge is 0.325 e. The summed E-state index contributed by atoms with van der Waals surface area (Å²) in [5.74, 6) is -0.0551. The van der Waals surface area contributed by atoms with Gasteiger partial charge < -0.3 is 9.72 Å². The quantitative estimate of drug-likeness (QED) is 0.785. The molecule has 1 amide bonds. The lowest BCUT2D eigenvalue weighted by Crippen LogP contribution is -2.17. The fourth-order valence-corrected chi connectivity index (χ4v) is 2.24. The smallest absolute Gasteiger partial charge is 0.226 e. The summed E-state index contributed by atoms with van der Waals surface area (Å²) in [5.41, 5.74) is 3.45. The van der Waals surface area contributed by atoms with Crippen molar-refractivity contribution in [2.24, 2.45) is 5.92 Å². The van der Waals surface area contributed by atoms with Crippen molar-refractivity contribution in [3.8, 4) is 11.3 Å². The zero-order valence-electron chi connectivity index (χ0n) is 12.4. The number of hydrogen-bond acceptors (Lipinski definition) is 2. The van der Waals surface area contributed by atoms with Crippen molar-refractivity contribution in [1.29, 1.82) is 0 Å². The van der Waals surface area contributed by atoms with E-state index < -0.39 is 0 Å². The fraction of sp³-hybridized carbons (Fsp3) is 0.176. The van der Waals surface area contributed by atoms with Crippen LogP contribution in [-0.2, 0) is 4.79 Å². The van der Waals surface area contributed by atoms with Crippen LogP contribution in [0.4, 0.5) is 5.69 Å². The van der Waals surface area contributed by atoms with E-state index >= 15 is 0 Å². The van der Waals surface area contributed by atoms with E-state index in [4.69, 9.17) is 11.6 Å². The van der Waals surface area contributed by atoms with Crippen LogP contribution >= 0.6 is 11.6 Å². The number of carbonyl (C=O) groups excluding carboxylic acids is 1. The van der Waals surface area contributed by atoms with Gasteiger partial charge in [0.2, 0.25) is 5.91 Å². The molecule has 0 bridgehead atoms. The van der Waals surface area contributed by atoms with Crippen molar-refractivity contribution in [1.82, 2.24) is 9.38 Å². The van der Waals surface area contributed by atoms with Crippen LogP contribution in [0, 0.1) is 5.92 Å². The van der Waals surface area contributed by atoms with E-state index in [9.17, 15) is 4.79 Å². The lowest BCUT2D eigenvalue weighted by molar-refractivity contribution is -0.118. The minimum absolute atomic E-state index is 0.00242. The molecule has 0 fully saturated rings. The van der Waals surface area contributed by atoms with E-state index in [1.165, 1.54) is 0 Å². The predicted molar refractivity (Wildman–Crippen MR) is 89.1 cm³/mol. The SMILES string of the molecule is CC(C)C(=O)Nc1ccc2nc(-c3ccc(Cl)cc3)cn2c1. The predicted octanol–water partition coefficient (Wildman–Crippen LogP) is 4.25. The number of hydrogen-bond donors (Lipinski definition) is 1. The number of amides is 1. The molecule has 5 heteroatoms. The molecule has 0 saturated carbocycles. The van der Waals surface area contributed by atoms with E-state index in [-0.39, 0.29) is 11.8 Å². The Morgan fingerprint density at radius 2 is 1.86 bits per heavy atom. The van der Waals surface area contributed by atoms with E-state index in [2.05, 4.69) is 10.3 Å². The van der Waals surface area contributed by atoms with Crippen molar-refractivity contribution < 1.29 is 4.79 Å². The van der Waals surface area contributed by atoms with Crippen LogP contribution in [0.3, 0.4) is 0 Å². The first-order chi connectivity index (χ1) is 10.5. The maximum Gasteiger partial charge on any atom is 0.226 e. The Morgan fingerprint density at radius 3 is 2.55 bits per heavy atom. The molecule has 0 atom stereocenters. The average molecular weight is 314 g/mol. The summed E-state index contributed by atoms with van der Waals surface area (Å²) < 4.78 is 1.90. The molecule has 1 aromatic carbocycles. The third-order valence-electron chi connectivity index (χ3n) is 3.38. The van der Waals surface area contributed by atoms with Gasteiger partial charge in [-0.3, -0.25) is 4.79 Å². The number of carbonyl (C=O) groups is 1. The van der Waals surface area contributed by atoms with E-state index in [1.807, 2.05) is 67.0 Å². The molecular weight excluding hydrogens is 298 g/mol. The second-order valence-corrected chi connectivity index (χ2v) is 5.90. The molecule has 3 aromatic rings. The summed E-state index contributed by atoms with van der Waals surface area (Å²) in [6, 6.07) is 11.3. The van der Waals surface area contributed by atoms with Crippen molar-refractivity contribution in [2.75, 3.05) is 5.32 Å². The standard InChI is InChI=1S/C17H16ClN3O/c1-11(2)17(22)19-14-7-8-16-20-15(10-21(16)9-14)12-3-5-13(18)6-4-12/h3-11H,1-2H3,(H,19,22). The summed E-state index contributed by atoms with van der Waals surface area (Å²) in [6.07, 6.45) is 3.80. The third kappa shape index (κ3) is 2.97. The minimum atomic E-state index is -0.0527. The average Bonchev–Trinajstić information content (AvgIpc) is 2.91. The van der Waals surface area contributed by atoms with Crippen molar-refractivity contribution in [3.63, 3.8) is 0 Å². The first-order valence-corrected chi connectivity index (χ1v) is 7.46. The second-order valence-electron chi connectivity index (χ2n) is 5.46. The van der Waals surface area contributed by atoms with Crippen LogP contribution in [0.25, 0.3) is 16.9 Å². The Balaban J connectivity index is 1.93. The Kier molecular flexibility index (Phi) is 3.86.